The number of benzene rings is 2. The Balaban J connectivity index is 1.79. The summed E-state index contributed by atoms with van der Waals surface area (Å²) in [4.78, 5) is 21.2. The highest BCUT2D eigenvalue weighted by molar-refractivity contribution is 6.04. The minimum atomic E-state index is -0.434. The van der Waals surface area contributed by atoms with Gasteiger partial charge in [0.05, 0.1) is 19.9 Å². The maximum atomic E-state index is 13.8. The molecule has 0 saturated heterocycles. The van der Waals surface area contributed by atoms with Gasteiger partial charge >= 0.3 is 0 Å². The van der Waals surface area contributed by atoms with Crippen molar-refractivity contribution in [3.05, 3.63) is 71.4 Å². The molecule has 150 valence electrons. The highest BCUT2D eigenvalue weighted by Gasteiger charge is 2.14. The van der Waals surface area contributed by atoms with Gasteiger partial charge in [-0.2, -0.15) is 0 Å². The lowest BCUT2D eigenvalue weighted by atomic mass is 10.2. The van der Waals surface area contributed by atoms with Crippen LogP contribution in [0.15, 0.2) is 48.5 Å². The Labute approximate surface area is 167 Å². The van der Waals surface area contributed by atoms with E-state index >= 15 is 0 Å². The molecule has 8 heteroatoms. The molecule has 3 aromatic rings. The summed E-state index contributed by atoms with van der Waals surface area (Å²) >= 11 is 0. The van der Waals surface area contributed by atoms with E-state index in [0.29, 0.717) is 34.4 Å². The molecule has 0 fully saturated rings. The average molecular weight is 396 g/mol. The Morgan fingerprint density at radius 3 is 2.59 bits per heavy atom. The molecule has 0 unspecified atom stereocenters. The number of aryl methyl sites for hydroxylation is 1. The molecule has 0 atom stereocenters. The molecular weight excluding hydrogens is 375 g/mol. The molecule has 0 radical (unpaired) electrons. The van der Waals surface area contributed by atoms with Gasteiger partial charge in [0.1, 0.15) is 34.7 Å². The molecule has 2 N–H and O–H groups in total. The van der Waals surface area contributed by atoms with E-state index < -0.39 is 5.91 Å². The molecule has 1 heterocycles. The molecule has 0 bridgehead atoms. The zero-order valence-corrected chi connectivity index (χ0v) is 16.3. The zero-order chi connectivity index (χ0) is 20.8. The summed E-state index contributed by atoms with van der Waals surface area (Å²) in [5, 5.41) is 5.79. The van der Waals surface area contributed by atoms with Crippen LogP contribution in [-0.4, -0.2) is 30.1 Å². The van der Waals surface area contributed by atoms with Crippen molar-refractivity contribution in [2.75, 3.05) is 24.9 Å². The Hall–Kier alpha value is -3.68. The van der Waals surface area contributed by atoms with Crippen molar-refractivity contribution in [3.63, 3.8) is 0 Å². The number of aromatic nitrogens is 2. The molecule has 3 rings (SSSR count). The number of nitrogens with one attached hydrogen (secondary N) is 2. The van der Waals surface area contributed by atoms with Crippen molar-refractivity contribution >= 4 is 17.4 Å². The summed E-state index contributed by atoms with van der Waals surface area (Å²) < 4.78 is 24.3. The maximum Gasteiger partial charge on any atom is 0.274 e. The Bertz CT molecular complexity index is 1030. The molecular formula is C21H21FN4O3. The summed E-state index contributed by atoms with van der Waals surface area (Å²) in [5.41, 5.74) is 1.11. The second-order valence-electron chi connectivity index (χ2n) is 6.15. The Morgan fingerprint density at radius 2 is 1.86 bits per heavy atom. The van der Waals surface area contributed by atoms with Gasteiger partial charge in [0.15, 0.2) is 0 Å². The molecule has 0 aliphatic rings. The number of carbonyl (C=O) groups is 1. The van der Waals surface area contributed by atoms with Crippen LogP contribution in [0.4, 0.5) is 15.9 Å². The van der Waals surface area contributed by atoms with Gasteiger partial charge in [-0.1, -0.05) is 18.2 Å². The Morgan fingerprint density at radius 1 is 1.07 bits per heavy atom. The lowest BCUT2D eigenvalue weighted by Gasteiger charge is -2.12. The van der Waals surface area contributed by atoms with E-state index in [1.807, 2.05) is 0 Å². The lowest BCUT2D eigenvalue weighted by molar-refractivity contribution is 0.102. The van der Waals surface area contributed by atoms with E-state index in [-0.39, 0.29) is 18.1 Å². The molecule has 29 heavy (non-hydrogen) atoms. The van der Waals surface area contributed by atoms with Crippen LogP contribution in [0, 0.1) is 12.7 Å². The number of nitrogens with zero attached hydrogens (tertiary/aromatic N) is 2. The van der Waals surface area contributed by atoms with Crippen LogP contribution < -0.4 is 20.1 Å². The fourth-order valence-electron chi connectivity index (χ4n) is 2.70. The fraction of sp³-hybridized carbons (Fsp3) is 0.190. The second kappa shape index (κ2) is 9.01. The molecule has 7 nitrogen and oxygen atoms in total. The first-order valence-electron chi connectivity index (χ1n) is 8.86. The van der Waals surface area contributed by atoms with Gasteiger partial charge in [-0.15, -0.1) is 0 Å². The molecule has 2 aromatic carbocycles. The number of anilines is 2. The van der Waals surface area contributed by atoms with E-state index in [2.05, 4.69) is 20.6 Å². The quantitative estimate of drug-likeness (QED) is 0.632. The molecule has 0 saturated carbocycles. The molecule has 0 aliphatic heterocycles. The summed E-state index contributed by atoms with van der Waals surface area (Å²) in [7, 11) is 3.05. The number of halogens is 1. The van der Waals surface area contributed by atoms with Crippen LogP contribution >= 0.6 is 0 Å². The van der Waals surface area contributed by atoms with Crippen LogP contribution in [0.5, 0.6) is 11.5 Å². The normalized spacial score (nSPS) is 10.3. The summed E-state index contributed by atoms with van der Waals surface area (Å²) in [6.45, 7) is 1.91. The summed E-state index contributed by atoms with van der Waals surface area (Å²) in [5.74, 6) is 1.15. The van der Waals surface area contributed by atoms with Crippen molar-refractivity contribution in [3.8, 4) is 11.5 Å². The van der Waals surface area contributed by atoms with Gasteiger partial charge in [-0.05, 0) is 25.1 Å². The van der Waals surface area contributed by atoms with Crippen molar-refractivity contribution in [1.29, 1.82) is 0 Å². The van der Waals surface area contributed by atoms with Crippen molar-refractivity contribution in [2.45, 2.75) is 13.5 Å². The number of ether oxygens (including phenoxy) is 2. The van der Waals surface area contributed by atoms with Crippen LogP contribution in [0.2, 0.25) is 0 Å². The second-order valence-corrected chi connectivity index (χ2v) is 6.15. The zero-order valence-electron chi connectivity index (χ0n) is 16.3. The SMILES string of the molecule is COc1ccc(OC)c(NC(=O)c2cc(NCc3ccccc3F)nc(C)n2)c1. The third kappa shape index (κ3) is 4.98. The van der Waals surface area contributed by atoms with Crippen LogP contribution in [-0.2, 0) is 6.54 Å². The van der Waals surface area contributed by atoms with Crippen LogP contribution in [0.1, 0.15) is 21.9 Å². The Kier molecular flexibility index (Phi) is 6.23. The van der Waals surface area contributed by atoms with Gasteiger partial charge < -0.3 is 20.1 Å². The number of hydrogen-bond donors (Lipinski definition) is 2. The van der Waals surface area contributed by atoms with E-state index in [9.17, 15) is 9.18 Å². The molecule has 0 spiro atoms. The smallest absolute Gasteiger partial charge is 0.274 e. The fourth-order valence-corrected chi connectivity index (χ4v) is 2.70. The van der Waals surface area contributed by atoms with E-state index in [0.717, 1.165) is 0 Å². The first-order chi connectivity index (χ1) is 14.0. The molecule has 1 amide bonds. The van der Waals surface area contributed by atoms with Gasteiger partial charge in [0.25, 0.3) is 5.91 Å². The minimum Gasteiger partial charge on any atom is -0.497 e. The van der Waals surface area contributed by atoms with E-state index in [1.54, 1.807) is 43.3 Å². The van der Waals surface area contributed by atoms with Gasteiger partial charge in [-0.25, -0.2) is 14.4 Å². The number of rotatable bonds is 7. The molecule has 1 aromatic heterocycles. The highest BCUT2D eigenvalue weighted by Crippen LogP contribution is 2.29. The first kappa shape index (κ1) is 20.1. The summed E-state index contributed by atoms with van der Waals surface area (Å²) in [6.07, 6.45) is 0. The largest absolute Gasteiger partial charge is 0.497 e. The van der Waals surface area contributed by atoms with Crippen molar-refractivity contribution in [1.82, 2.24) is 9.97 Å². The first-order valence-corrected chi connectivity index (χ1v) is 8.86. The predicted molar refractivity (Wildman–Crippen MR) is 108 cm³/mol. The maximum absolute atomic E-state index is 13.8. The highest BCUT2D eigenvalue weighted by atomic mass is 19.1. The minimum absolute atomic E-state index is 0.165. The van der Waals surface area contributed by atoms with Gasteiger partial charge in [0.2, 0.25) is 0 Å². The standard InChI is InChI=1S/C21H21FN4O3/c1-13-24-18(11-20(25-13)23-12-14-6-4-5-7-16(14)22)21(27)26-17-10-15(28-2)8-9-19(17)29-3/h4-11H,12H2,1-3H3,(H,26,27)(H,23,24,25). The van der Waals surface area contributed by atoms with Gasteiger partial charge in [0, 0.05) is 24.2 Å². The third-order valence-corrected chi connectivity index (χ3v) is 4.14. The number of carbonyl (C=O) groups excluding carboxylic acids is 1. The summed E-state index contributed by atoms with van der Waals surface area (Å²) in [6, 6.07) is 13.0. The number of amides is 1. The predicted octanol–water partition coefficient (Wildman–Crippen LogP) is 3.81. The van der Waals surface area contributed by atoms with Crippen molar-refractivity contribution in [2.24, 2.45) is 0 Å². The third-order valence-electron chi connectivity index (χ3n) is 4.14. The van der Waals surface area contributed by atoms with E-state index in [1.165, 1.54) is 26.4 Å². The van der Waals surface area contributed by atoms with E-state index in [4.69, 9.17) is 9.47 Å². The van der Waals surface area contributed by atoms with Gasteiger partial charge in [-0.3, -0.25) is 4.79 Å². The average Bonchev–Trinajstić information content (AvgIpc) is 2.72. The topological polar surface area (TPSA) is 85.4 Å². The van der Waals surface area contributed by atoms with Crippen LogP contribution in [0.3, 0.4) is 0 Å². The molecule has 0 aliphatic carbocycles. The van der Waals surface area contributed by atoms with Crippen molar-refractivity contribution < 1.29 is 18.7 Å². The van der Waals surface area contributed by atoms with Crippen LogP contribution in [0.25, 0.3) is 0 Å². The lowest BCUT2D eigenvalue weighted by Crippen LogP contribution is -2.16. The number of methoxy groups -OCH3 is 2. The monoisotopic (exact) mass is 396 g/mol. The number of hydrogen-bond acceptors (Lipinski definition) is 6.